The molecule has 1 aromatic carbocycles. The van der Waals surface area contributed by atoms with Crippen LogP contribution in [0, 0.1) is 0 Å². The third kappa shape index (κ3) is 3.63. The van der Waals surface area contributed by atoms with E-state index in [1.807, 2.05) is 0 Å². The van der Waals surface area contributed by atoms with Crippen molar-refractivity contribution in [3.05, 3.63) is 23.8 Å². The number of nitrogens with one attached hydrogen (secondary N) is 1. The normalized spacial score (nSPS) is 18.6. The summed E-state index contributed by atoms with van der Waals surface area (Å²) in [4.78, 5) is 2.32. The van der Waals surface area contributed by atoms with Gasteiger partial charge in [-0.1, -0.05) is 13.0 Å². The maximum atomic E-state index is 5.48. The fourth-order valence-electron chi connectivity index (χ4n) is 2.73. The van der Waals surface area contributed by atoms with E-state index >= 15 is 0 Å². The molecule has 1 saturated heterocycles. The summed E-state index contributed by atoms with van der Waals surface area (Å²) in [5.41, 5.74) is 2.57. The van der Waals surface area contributed by atoms with Crippen molar-refractivity contribution >= 4 is 5.69 Å². The Morgan fingerprint density at radius 3 is 2.89 bits per heavy atom. The Labute approximate surface area is 116 Å². The molecule has 1 aliphatic rings. The number of rotatable bonds is 6. The van der Waals surface area contributed by atoms with Crippen LogP contribution in [0.2, 0.25) is 0 Å². The smallest absolute Gasteiger partial charge is 0.142 e. The number of aryl methyl sites for hydroxylation is 1. The molecule has 1 aromatic rings. The lowest BCUT2D eigenvalue weighted by atomic mass is 10.1. The Morgan fingerprint density at radius 1 is 1.42 bits per heavy atom. The van der Waals surface area contributed by atoms with Gasteiger partial charge in [0.25, 0.3) is 0 Å². The summed E-state index contributed by atoms with van der Waals surface area (Å²) in [6.07, 6.45) is 4.91. The van der Waals surface area contributed by atoms with Gasteiger partial charge in [-0.25, -0.2) is 0 Å². The summed E-state index contributed by atoms with van der Waals surface area (Å²) in [7, 11) is 3.91. The van der Waals surface area contributed by atoms with Crippen molar-refractivity contribution in [3.8, 4) is 5.75 Å². The average Bonchev–Trinajstić information content (AvgIpc) is 2.97. The van der Waals surface area contributed by atoms with Gasteiger partial charge in [0, 0.05) is 19.6 Å². The van der Waals surface area contributed by atoms with Gasteiger partial charge < -0.3 is 15.0 Å². The molecule has 106 valence electrons. The van der Waals surface area contributed by atoms with Crippen LogP contribution in [0.1, 0.15) is 31.7 Å². The topological polar surface area (TPSA) is 24.5 Å². The molecular formula is C16H26N2O. The quantitative estimate of drug-likeness (QED) is 0.853. The maximum Gasteiger partial charge on any atom is 0.142 e. The van der Waals surface area contributed by atoms with Gasteiger partial charge in [-0.05, 0) is 49.9 Å². The lowest BCUT2D eigenvalue weighted by molar-refractivity contribution is 0.414. The Morgan fingerprint density at radius 2 is 2.26 bits per heavy atom. The second-order valence-electron chi connectivity index (χ2n) is 5.36. The van der Waals surface area contributed by atoms with Crippen LogP contribution in [-0.4, -0.2) is 33.3 Å². The maximum absolute atomic E-state index is 5.48. The monoisotopic (exact) mass is 262 g/mol. The minimum absolute atomic E-state index is 0.697. The molecule has 2 rings (SSSR count). The first-order valence-electron chi connectivity index (χ1n) is 7.36. The zero-order valence-corrected chi connectivity index (χ0v) is 12.4. The third-order valence-electron chi connectivity index (χ3n) is 4.04. The number of nitrogens with zero attached hydrogens (tertiary/aromatic N) is 1. The first kappa shape index (κ1) is 14.2. The third-order valence-corrected chi connectivity index (χ3v) is 4.04. The Bertz CT molecular complexity index is 400. The summed E-state index contributed by atoms with van der Waals surface area (Å²) in [5.74, 6) is 0.971. The zero-order chi connectivity index (χ0) is 13.7. The summed E-state index contributed by atoms with van der Waals surface area (Å²) < 4.78 is 5.48. The van der Waals surface area contributed by atoms with Crippen LogP contribution in [0.5, 0.6) is 5.75 Å². The van der Waals surface area contributed by atoms with E-state index in [2.05, 4.69) is 42.4 Å². The van der Waals surface area contributed by atoms with Crippen LogP contribution in [0.15, 0.2) is 18.2 Å². The number of anilines is 1. The first-order valence-corrected chi connectivity index (χ1v) is 7.36. The highest BCUT2D eigenvalue weighted by Gasteiger charge is 2.15. The summed E-state index contributed by atoms with van der Waals surface area (Å²) in [6, 6.07) is 7.18. The molecule has 1 heterocycles. The van der Waals surface area contributed by atoms with E-state index in [4.69, 9.17) is 4.74 Å². The van der Waals surface area contributed by atoms with E-state index in [0.29, 0.717) is 6.04 Å². The predicted octanol–water partition coefficient (Wildman–Crippen LogP) is 2.84. The highest BCUT2D eigenvalue weighted by Crippen LogP contribution is 2.29. The molecule has 0 spiro atoms. The fraction of sp³-hybridized carbons (Fsp3) is 0.625. The molecule has 0 bridgehead atoms. The molecule has 3 heteroatoms. The second-order valence-corrected chi connectivity index (χ2v) is 5.36. The van der Waals surface area contributed by atoms with Gasteiger partial charge in [-0.3, -0.25) is 0 Å². The lowest BCUT2D eigenvalue weighted by Gasteiger charge is -2.24. The highest BCUT2D eigenvalue weighted by atomic mass is 16.5. The van der Waals surface area contributed by atoms with E-state index < -0.39 is 0 Å². The van der Waals surface area contributed by atoms with Crippen LogP contribution in [0.25, 0.3) is 0 Å². The molecule has 0 amide bonds. The van der Waals surface area contributed by atoms with Crippen LogP contribution in [0.4, 0.5) is 5.69 Å². The van der Waals surface area contributed by atoms with E-state index in [1.165, 1.54) is 37.1 Å². The molecule has 1 atom stereocenters. The van der Waals surface area contributed by atoms with Gasteiger partial charge in [-0.15, -0.1) is 0 Å². The summed E-state index contributed by atoms with van der Waals surface area (Å²) in [6.45, 7) is 4.44. The zero-order valence-electron chi connectivity index (χ0n) is 12.4. The standard InChI is InChI=1S/C16H26N2O/c1-4-13-7-8-16(19-3)15(12-13)18(2)11-9-14-6-5-10-17-14/h7-8,12,14,17H,4-6,9-11H2,1-3H3. The van der Waals surface area contributed by atoms with Gasteiger partial charge in [0.05, 0.1) is 12.8 Å². The lowest BCUT2D eigenvalue weighted by Crippen LogP contribution is -2.28. The SMILES string of the molecule is CCc1ccc(OC)c(N(C)CCC2CCCN2)c1. The molecule has 0 aromatic heterocycles. The van der Waals surface area contributed by atoms with Crippen molar-refractivity contribution in [2.45, 2.75) is 38.6 Å². The van der Waals surface area contributed by atoms with Crippen LogP contribution in [-0.2, 0) is 6.42 Å². The Kier molecular flexibility index (Phi) is 5.08. The first-order chi connectivity index (χ1) is 9.24. The molecule has 0 radical (unpaired) electrons. The number of hydrogen-bond donors (Lipinski definition) is 1. The number of methoxy groups -OCH3 is 1. The van der Waals surface area contributed by atoms with Gasteiger partial charge in [0.1, 0.15) is 5.75 Å². The van der Waals surface area contributed by atoms with Gasteiger partial charge >= 0.3 is 0 Å². The van der Waals surface area contributed by atoms with Crippen molar-refractivity contribution in [3.63, 3.8) is 0 Å². The van der Waals surface area contributed by atoms with Crippen molar-refractivity contribution in [2.24, 2.45) is 0 Å². The predicted molar refractivity (Wildman–Crippen MR) is 81.3 cm³/mol. The van der Waals surface area contributed by atoms with Crippen molar-refractivity contribution in [2.75, 3.05) is 32.1 Å². The second kappa shape index (κ2) is 6.80. The molecule has 1 unspecified atom stereocenters. The van der Waals surface area contributed by atoms with Crippen LogP contribution < -0.4 is 15.0 Å². The van der Waals surface area contributed by atoms with E-state index in [-0.39, 0.29) is 0 Å². The molecule has 1 N–H and O–H groups in total. The molecule has 1 aliphatic heterocycles. The molecule has 1 fully saturated rings. The van der Waals surface area contributed by atoms with Gasteiger partial charge in [-0.2, -0.15) is 0 Å². The fourth-order valence-corrected chi connectivity index (χ4v) is 2.73. The van der Waals surface area contributed by atoms with Crippen molar-refractivity contribution in [1.29, 1.82) is 0 Å². The number of benzene rings is 1. The molecule has 19 heavy (non-hydrogen) atoms. The van der Waals surface area contributed by atoms with Crippen molar-refractivity contribution < 1.29 is 4.74 Å². The molecular weight excluding hydrogens is 236 g/mol. The van der Waals surface area contributed by atoms with Crippen LogP contribution in [0.3, 0.4) is 0 Å². The van der Waals surface area contributed by atoms with E-state index in [9.17, 15) is 0 Å². The molecule has 3 nitrogen and oxygen atoms in total. The minimum atomic E-state index is 0.697. The van der Waals surface area contributed by atoms with Crippen LogP contribution >= 0.6 is 0 Å². The Balaban J connectivity index is 2.01. The number of hydrogen-bond acceptors (Lipinski definition) is 3. The Hall–Kier alpha value is -1.22. The van der Waals surface area contributed by atoms with Crippen molar-refractivity contribution in [1.82, 2.24) is 5.32 Å². The van der Waals surface area contributed by atoms with Gasteiger partial charge in [0.2, 0.25) is 0 Å². The van der Waals surface area contributed by atoms with E-state index in [0.717, 1.165) is 18.7 Å². The molecule has 0 saturated carbocycles. The highest BCUT2D eigenvalue weighted by molar-refractivity contribution is 5.59. The van der Waals surface area contributed by atoms with Gasteiger partial charge in [0.15, 0.2) is 0 Å². The summed E-state index contributed by atoms with van der Waals surface area (Å²) in [5, 5.41) is 3.56. The largest absolute Gasteiger partial charge is 0.495 e. The number of ether oxygens (including phenoxy) is 1. The summed E-state index contributed by atoms with van der Waals surface area (Å²) >= 11 is 0. The van der Waals surface area contributed by atoms with E-state index in [1.54, 1.807) is 7.11 Å². The average molecular weight is 262 g/mol. The minimum Gasteiger partial charge on any atom is -0.495 e. The molecule has 0 aliphatic carbocycles.